The van der Waals surface area contributed by atoms with E-state index in [1.165, 1.54) is 29.1 Å². The minimum atomic E-state index is -4.86. The minimum Gasteiger partial charge on any atom is -0.406 e. The van der Waals surface area contributed by atoms with Crippen LogP contribution in [-0.4, -0.2) is 43.9 Å². The van der Waals surface area contributed by atoms with Gasteiger partial charge in [0.05, 0.1) is 29.9 Å². The van der Waals surface area contributed by atoms with Crippen LogP contribution >= 0.6 is 0 Å². The van der Waals surface area contributed by atoms with Gasteiger partial charge in [0.25, 0.3) is 0 Å². The predicted octanol–water partition coefficient (Wildman–Crippen LogP) is 2.15. The van der Waals surface area contributed by atoms with Gasteiger partial charge in [-0.1, -0.05) is 12.6 Å². The standard InChI is InChI=1S/C19H17F3N4O4/c1-2-16(29)24-9-14-17-13(15(28)10-27)6-7-23-18(17)26(25-14)11-4-3-5-12(8-11)30-19(20,21)22/h2-8,15,27-28H,1,9-10H2,(H,24,29)/t15-/m0/s1. The number of amides is 1. The molecule has 0 unspecified atom stereocenters. The molecule has 0 bridgehead atoms. The number of benzene rings is 1. The summed E-state index contributed by atoms with van der Waals surface area (Å²) < 4.78 is 42.9. The number of hydrogen-bond donors (Lipinski definition) is 3. The van der Waals surface area contributed by atoms with Gasteiger partial charge < -0.3 is 20.3 Å². The Bertz CT molecular complexity index is 1080. The van der Waals surface area contributed by atoms with Crippen LogP contribution in [0.5, 0.6) is 5.75 Å². The lowest BCUT2D eigenvalue weighted by Crippen LogP contribution is -2.20. The fourth-order valence-corrected chi connectivity index (χ4v) is 2.87. The van der Waals surface area contributed by atoms with Gasteiger partial charge in [0, 0.05) is 12.3 Å². The Morgan fingerprint density at radius 1 is 1.37 bits per heavy atom. The highest BCUT2D eigenvalue weighted by Crippen LogP contribution is 2.30. The van der Waals surface area contributed by atoms with E-state index >= 15 is 0 Å². The Morgan fingerprint density at radius 3 is 2.80 bits per heavy atom. The van der Waals surface area contributed by atoms with Crippen LogP contribution < -0.4 is 10.1 Å². The number of aromatic nitrogens is 3. The number of pyridine rings is 1. The summed E-state index contributed by atoms with van der Waals surface area (Å²) in [5.41, 5.74) is 1.02. The zero-order valence-corrected chi connectivity index (χ0v) is 15.4. The molecule has 2 aromatic heterocycles. The summed E-state index contributed by atoms with van der Waals surface area (Å²) in [4.78, 5) is 15.8. The van der Waals surface area contributed by atoms with Gasteiger partial charge in [0.2, 0.25) is 5.91 Å². The second-order valence-corrected chi connectivity index (χ2v) is 6.12. The molecule has 30 heavy (non-hydrogen) atoms. The van der Waals surface area contributed by atoms with Crippen LogP contribution in [0.25, 0.3) is 16.7 Å². The van der Waals surface area contributed by atoms with Gasteiger partial charge in [0.15, 0.2) is 5.65 Å². The molecule has 0 saturated heterocycles. The quantitative estimate of drug-likeness (QED) is 0.504. The van der Waals surface area contributed by atoms with Gasteiger partial charge in [0.1, 0.15) is 11.9 Å². The molecule has 3 N–H and O–H groups in total. The van der Waals surface area contributed by atoms with Gasteiger partial charge in [-0.05, 0) is 29.8 Å². The normalized spacial score (nSPS) is 12.6. The molecule has 3 aromatic rings. The number of carbonyl (C=O) groups excluding carboxylic acids is 1. The number of rotatable bonds is 7. The number of aliphatic hydroxyl groups is 2. The number of ether oxygens (including phenoxy) is 1. The van der Waals surface area contributed by atoms with Crippen molar-refractivity contribution in [2.45, 2.75) is 19.0 Å². The van der Waals surface area contributed by atoms with Gasteiger partial charge in [-0.2, -0.15) is 5.10 Å². The Hall–Kier alpha value is -3.44. The summed E-state index contributed by atoms with van der Waals surface area (Å²) in [6.45, 7) is 2.72. The van der Waals surface area contributed by atoms with Crippen molar-refractivity contribution in [3.8, 4) is 11.4 Å². The minimum absolute atomic E-state index is 0.0655. The van der Waals surface area contributed by atoms with Crippen LogP contribution in [-0.2, 0) is 11.3 Å². The van der Waals surface area contributed by atoms with Crippen molar-refractivity contribution in [3.63, 3.8) is 0 Å². The van der Waals surface area contributed by atoms with Gasteiger partial charge >= 0.3 is 6.36 Å². The lowest BCUT2D eigenvalue weighted by molar-refractivity contribution is -0.274. The highest BCUT2D eigenvalue weighted by Gasteiger charge is 2.31. The molecule has 0 saturated carbocycles. The van der Waals surface area contributed by atoms with E-state index in [2.05, 4.69) is 26.7 Å². The topological polar surface area (TPSA) is 110 Å². The number of nitrogens with zero attached hydrogens (tertiary/aromatic N) is 3. The van der Waals surface area contributed by atoms with Gasteiger partial charge in [-0.15, -0.1) is 13.2 Å². The van der Waals surface area contributed by atoms with Crippen LogP contribution in [0.1, 0.15) is 17.4 Å². The molecule has 0 aliphatic heterocycles. The molecule has 158 valence electrons. The van der Waals surface area contributed by atoms with E-state index in [0.717, 1.165) is 18.2 Å². The first kappa shape index (κ1) is 21.3. The molecular formula is C19H17F3N4O4. The maximum absolute atomic E-state index is 12.6. The van der Waals surface area contributed by atoms with Crippen molar-refractivity contribution in [2.75, 3.05) is 6.61 Å². The Balaban J connectivity index is 2.15. The first-order chi connectivity index (χ1) is 14.2. The van der Waals surface area contributed by atoms with Crippen molar-refractivity contribution in [3.05, 3.63) is 60.4 Å². The average Bonchev–Trinajstić information content (AvgIpc) is 3.09. The van der Waals surface area contributed by atoms with Crippen LogP contribution in [0.15, 0.2) is 49.2 Å². The maximum Gasteiger partial charge on any atom is 0.573 e. The summed E-state index contributed by atoms with van der Waals surface area (Å²) in [5.74, 6) is -0.914. The highest BCUT2D eigenvalue weighted by molar-refractivity contribution is 5.88. The lowest BCUT2D eigenvalue weighted by Gasteiger charge is -2.11. The smallest absolute Gasteiger partial charge is 0.406 e. The fraction of sp³-hybridized carbons (Fsp3) is 0.211. The Kier molecular flexibility index (Phi) is 6.04. The SMILES string of the molecule is C=CC(=O)NCc1nn(-c2cccc(OC(F)(F)F)c2)c2nccc([C@@H](O)CO)c12. The Labute approximate surface area is 168 Å². The second-order valence-electron chi connectivity index (χ2n) is 6.12. The first-order valence-corrected chi connectivity index (χ1v) is 8.65. The largest absolute Gasteiger partial charge is 0.573 e. The number of alkyl halides is 3. The third-order valence-corrected chi connectivity index (χ3v) is 4.12. The predicted molar refractivity (Wildman–Crippen MR) is 99.6 cm³/mol. The van der Waals surface area contributed by atoms with E-state index in [4.69, 9.17) is 0 Å². The van der Waals surface area contributed by atoms with Crippen molar-refractivity contribution in [1.29, 1.82) is 0 Å². The van der Waals surface area contributed by atoms with Crippen LogP contribution in [0.3, 0.4) is 0 Å². The molecule has 0 aliphatic carbocycles. The summed E-state index contributed by atoms with van der Waals surface area (Å²) in [7, 11) is 0. The summed E-state index contributed by atoms with van der Waals surface area (Å²) in [6.07, 6.45) is -3.67. The molecule has 1 atom stereocenters. The lowest BCUT2D eigenvalue weighted by atomic mass is 10.1. The number of aliphatic hydroxyl groups excluding tert-OH is 2. The molecule has 3 rings (SSSR count). The molecular weight excluding hydrogens is 405 g/mol. The molecule has 11 heteroatoms. The van der Waals surface area contributed by atoms with E-state index < -0.39 is 30.7 Å². The maximum atomic E-state index is 12.6. The van der Waals surface area contributed by atoms with Gasteiger partial charge in [-0.3, -0.25) is 4.79 Å². The van der Waals surface area contributed by atoms with Gasteiger partial charge in [-0.25, -0.2) is 9.67 Å². The number of carbonyl (C=O) groups is 1. The second kappa shape index (κ2) is 8.51. The zero-order valence-electron chi connectivity index (χ0n) is 15.4. The third kappa shape index (κ3) is 4.58. The van der Waals surface area contributed by atoms with Crippen LogP contribution in [0.2, 0.25) is 0 Å². The molecule has 8 nitrogen and oxygen atoms in total. The van der Waals surface area contributed by atoms with E-state index in [0.29, 0.717) is 10.9 Å². The fourth-order valence-electron chi connectivity index (χ4n) is 2.87. The summed E-state index contributed by atoms with van der Waals surface area (Å²) in [6, 6.07) is 6.61. The summed E-state index contributed by atoms with van der Waals surface area (Å²) >= 11 is 0. The molecule has 1 aromatic carbocycles. The average molecular weight is 422 g/mol. The van der Waals surface area contributed by atoms with E-state index in [-0.39, 0.29) is 23.6 Å². The van der Waals surface area contributed by atoms with E-state index in [9.17, 15) is 28.2 Å². The molecule has 0 radical (unpaired) electrons. The summed E-state index contributed by atoms with van der Waals surface area (Å²) in [5, 5.41) is 26.8. The Morgan fingerprint density at radius 2 is 2.13 bits per heavy atom. The van der Waals surface area contributed by atoms with Crippen LogP contribution in [0, 0.1) is 0 Å². The molecule has 1 amide bonds. The molecule has 0 fully saturated rings. The molecule has 2 heterocycles. The first-order valence-electron chi connectivity index (χ1n) is 8.65. The number of fused-ring (bicyclic) bond motifs is 1. The van der Waals surface area contributed by atoms with Crippen molar-refractivity contribution >= 4 is 16.9 Å². The molecule has 0 aliphatic rings. The van der Waals surface area contributed by atoms with E-state index in [1.54, 1.807) is 0 Å². The zero-order chi connectivity index (χ0) is 21.9. The van der Waals surface area contributed by atoms with E-state index in [1.807, 2.05) is 0 Å². The molecule has 0 spiro atoms. The number of halogens is 3. The van der Waals surface area contributed by atoms with Crippen molar-refractivity contribution in [1.82, 2.24) is 20.1 Å². The van der Waals surface area contributed by atoms with Crippen LogP contribution in [0.4, 0.5) is 13.2 Å². The number of nitrogens with one attached hydrogen (secondary N) is 1. The third-order valence-electron chi connectivity index (χ3n) is 4.12. The number of hydrogen-bond acceptors (Lipinski definition) is 6. The van der Waals surface area contributed by atoms with Crippen molar-refractivity contribution in [2.24, 2.45) is 0 Å². The van der Waals surface area contributed by atoms with Crippen molar-refractivity contribution < 1.29 is 32.9 Å². The monoisotopic (exact) mass is 422 g/mol. The highest BCUT2D eigenvalue weighted by atomic mass is 19.4.